The van der Waals surface area contributed by atoms with Gasteiger partial charge in [-0.2, -0.15) is 26.3 Å². The fourth-order valence-electron chi connectivity index (χ4n) is 5.62. The molecule has 2 aliphatic heterocycles. The summed E-state index contributed by atoms with van der Waals surface area (Å²) in [5, 5.41) is 0. The number of hydrogen-bond acceptors (Lipinski definition) is 4. The van der Waals surface area contributed by atoms with Gasteiger partial charge in [0.25, 0.3) is 0 Å². The number of likely N-dealkylation sites (tertiary alicyclic amines) is 1. The van der Waals surface area contributed by atoms with Gasteiger partial charge in [-0.15, -0.1) is 0 Å². The predicted molar refractivity (Wildman–Crippen MR) is 143 cm³/mol. The number of piperidine rings is 1. The van der Waals surface area contributed by atoms with Gasteiger partial charge in [0.15, 0.2) is 0 Å². The van der Waals surface area contributed by atoms with E-state index in [1.54, 1.807) is 4.90 Å². The molecular formula is C30H37F6N3O2. The first kappa shape index (κ1) is 31.3. The lowest BCUT2D eigenvalue weighted by Gasteiger charge is -2.41. The van der Waals surface area contributed by atoms with Crippen LogP contribution in [0.2, 0.25) is 0 Å². The van der Waals surface area contributed by atoms with Crippen molar-refractivity contribution >= 4 is 5.91 Å². The van der Waals surface area contributed by atoms with Gasteiger partial charge in [0.2, 0.25) is 5.91 Å². The lowest BCUT2D eigenvalue weighted by Crippen LogP contribution is -2.53. The highest BCUT2D eigenvalue weighted by Gasteiger charge is 2.39. The number of piperazine rings is 1. The van der Waals surface area contributed by atoms with Gasteiger partial charge in [-0.25, -0.2) is 0 Å². The maximum atomic E-state index is 13.4. The van der Waals surface area contributed by atoms with Crippen molar-refractivity contribution in [1.82, 2.24) is 14.7 Å². The van der Waals surface area contributed by atoms with E-state index in [1.165, 1.54) is 6.92 Å². The topological polar surface area (TPSA) is 36.0 Å². The fraction of sp³-hybridized carbons (Fsp3) is 0.567. The van der Waals surface area contributed by atoms with Crippen molar-refractivity contribution in [3.05, 3.63) is 70.8 Å². The monoisotopic (exact) mass is 585 g/mol. The molecule has 4 rings (SSSR count). The summed E-state index contributed by atoms with van der Waals surface area (Å²) in [6.45, 7) is 10.2. The lowest BCUT2D eigenvalue weighted by atomic mass is 9.87. The Kier molecular flexibility index (Phi) is 9.70. The van der Waals surface area contributed by atoms with Gasteiger partial charge in [-0.05, 0) is 56.5 Å². The zero-order chi connectivity index (χ0) is 29.9. The number of ether oxygens (including phenoxy) is 1. The van der Waals surface area contributed by atoms with E-state index in [9.17, 15) is 31.1 Å². The Labute approximate surface area is 237 Å². The van der Waals surface area contributed by atoms with Crippen molar-refractivity contribution in [1.29, 1.82) is 0 Å². The number of nitrogens with zero attached hydrogens (tertiary/aromatic N) is 3. The highest BCUT2D eigenvalue weighted by Crippen LogP contribution is 2.39. The van der Waals surface area contributed by atoms with E-state index in [1.807, 2.05) is 30.3 Å². The van der Waals surface area contributed by atoms with Crippen molar-refractivity contribution in [2.24, 2.45) is 0 Å². The number of halogens is 6. The first-order valence-electron chi connectivity index (χ1n) is 14.0. The Morgan fingerprint density at radius 1 is 0.878 bits per heavy atom. The van der Waals surface area contributed by atoms with E-state index in [-0.39, 0.29) is 23.5 Å². The average molecular weight is 586 g/mol. The molecule has 2 aliphatic rings. The van der Waals surface area contributed by atoms with E-state index in [4.69, 9.17) is 4.74 Å². The number of alkyl halides is 6. The van der Waals surface area contributed by atoms with Crippen molar-refractivity contribution in [2.45, 2.75) is 63.7 Å². The van der Waals surface area contributed by atoms with Gasteiger partial charge >= 0.3 is 12.4 Å². The molecule has 0 radical (unpaired) electrons. The van der Waals surface area contributed by atoms with Gasteiger partial charge in [0.05, 0.1) is 29.9 Å². The van der Waals surface area contributed by atoms with Crippen LogP contribution < -0.4 is 0 Å². The molecule has 2 saturated heterocycles. The molecule has 0 saturated carbocycles. The van der Waals surface area contributed by atoms with Crippen molar-refractivity contribution in [3.63, 3.8) is 0 Å². The van der Waals surface area contributed by atoms with Crippen molar-refractivity contribution < 1.29 is 35.9 Å². The molecule has 11 heteroatoms. The minimum absolute atomic E-state index is 0.00289. The molecule has 0 aromatic heterocycles. The molecule has 2 aromatic carbocycles. The number of hydrogen-bond donors (Lipinski definition) is 0. The zero-order valence-corrected chi connectivity index (χ0v) is 23.5. The third kappa shape index (κ3) is 8.02. The van der Waals surface area contributed by atoms with Crippen LogP contribution in [0.1, 0.15) is 61.5 Å². The molecule has 41 heavy (non-hydrogen) atoms. The Morgan fingerprint density at radius 3 is 2.00 bits per heavy atom. The second-order valence-electron chi connectivity index (χ2n) is 11.2. The Morgan fingerprint density at radius 2 is 1.46 bits per heavy atom. The summed E-state index contributed by atoms with van der Waals surface area (Å²) in [6.07, 6.45) is -11.0. The smallest absolute Gasteiger partial charge is 0.370 e. The van der Waals surface area contributed by atoms with Crippen LogP contribution in [0.25, 0.3) is 0 Å². The van der Waals surface area contributed by atoms with Crippen LogP contribution in [0.4, 0.5) is 26.3 Å². The van der Waals surface area contributed by atoms with Crippen molar-refractivity contribution in [2.75, 3.05) is 45.8 Å². The van der Waals surface area contributed by atoms with Gasteiger partial charge in [0.1, 0.15) is 0 Å². The number of amides is 1. The summed E-state index contributed by atoms with van der Waals surface area (Å²) in [7, 11) is 0. The summed E-state index contributed by atoms with van der Waals surface area (Å²) < 4.78 is 86.8. The first-order valence-corrected chi connectivity index (χ1v) is 14.0. The zero-order valence-electron chi connectivity index (χ0n) is 23.5. The molecule has 0 aliphatic carbocycles. The van der Waals surface area contributed by atoms with E-state index in [0.29, 0.717) is 32.1 Å². The number of benzene rings is 2. The molecule has 0 N–H and O–H groups in total. The van der Waals surface area contributed by atoms with Gasteiger partial charge in [0, 0.05) is 51.2 Å². The lowest BCUT2D eigenvalue weighted by molar-refractivity contribution is -0.143. The Hall–Kier alpha value is -2.63. The standard InChI is InChI=1S/C30H37F6N3O2/c1-20(2)38-13-11-37(12-14-38)19-28(40)39-10-9-27(26(18-39)22-7-5-4-6-8-22)41-21(3)23-15-24(29(31,32)33)17-25(16-23)30(34,35)36/h4-8,15-17,20-21,26-27H,9-14,18-19H2,1-3H3. The highest BCUT2D eigenvalue weighted by molar-refractivity contribution is 5.78. The predicted octanol–water partition coefficient (Wildman–Crippen LogP) is 6.21. The van der Waals surface area contributed by atoms with Crippen LogP contribution >= 0.6 is 0 Å². The molecule has 3 unspecified atom stereocenters. The number of carbonyl (C=O) groups excluding carboxylic acids is 1. The third-order valence-corrected chi connectivity index (χ3v) is 8.08. The summed E-state index contributed by atoms with van der Waals surface area (Å²) in [5.74, 6) is -0.287. The average Bonchev–Trinajstić information content (AvgIpc) is 2.92. The van der Waals surface area contributed by atoms with E-state index in [0.717, 1.165) is 43.9 Å². The maximum Gasteiger partial charge on any atom is 0.416 e. The van der Waals surface area contributed by atoms with E-state index in [2.05, 4.69) is 23.6 Å². The Balaban J connectivity index is 1.49. The normalized spacial score (nSPS) is 22.2. The summed E-state index contributed by atoms with van der Waals surface area (Å²) >= 11 is 0. The molecular weight excluding hydrogens is 548 g/mol. The third-order valence-electron chi connectivity index (χ3n) is 8.08. The van der Waals surface area contributed by atoms with Crippen molar-refractivity contribution in [3.8, 4) is 0 Å². The molecule has 2 heterocycles. The maximum absolute atomic E-state index is 13.4. The van der Waals surface area contributed by atoms with Crippen LogP contribution in [0.15, 0.2) is 48.5 Å². The van der Waals surface area contributed by atoms with Gasteiger partial charge in [-0.3, -0.25) is 14.6 Å². The molecule has 1 amide bonds. The summed E-state index contributed by atoms with van der Waals surface area (Å²) in [5.41, 5.74) is -2.04. The number of carbonyl (C=O) groups is 1. The molecule has 226 valence electrons. The molecule has 5 nitrogen and oxygen atoms in total. The largest absolute Gasteiger partial charge is 0.416 e. The van der Waals surface area contributed by atoms with Crippen LogP contribution in [-0.2, 0) is 21.9 Å². The molecule has 0 bridgehead atoms. The highest BCUT2D eigenvalue weighted by atomic mass is 19.4. The Bertz CT molecular complexity index is 1130. The van der Waals surface area contributed by atoms with Crippen LogP contribution in [0, 0.1) is 0 Å². The number of rotatable bonds is 7. The quantitative estimate of drug-likeness (QED) is 0.362. The molecule has 0 spiro atoms. The fourth-order valence-corrected chi connectivity index (χ4v) is 5.62. The van der Waals surface area contributed by atoms with Crippen LogP contribution in [0.5, 0.6) is 0 Å². The van der Waals surface area contributed by atoms with E-state index >= 15 is 0 Å². The minimum atomic E-state index is -4.94. The SMILES string of the molecule is CC(OC1CCN(C(=O)CN2CCN(C(C)C)CC2)CC1c1ccccc1)c1cc(C(F)(F)F)cc(C(F)(F)F)c1. The van der Waals surface area contributed by atoms with E-state index < -0.39 is 35.7 Å². The minimum Gasteiger partial charge on any atom is -0.370 e. The molecule has 2 fully saturated rings. The van der Waals surface area contributed by atoms with Crippen LogP contribution in [0.3, 0.4) is 0 Å². The second-order valence-corrected chi connectivity index (χ2v) is 11.2. The summed E-state index contributed by atoms with van der Waals surface area (Å²) in [6, 6.07) is 11.4. The molecule has 3 atom stereocenters. The van der Waals surface area contributed by atoms with Gasteiger partial charge < -0.3 is 9.64 Å². The second kappa shape index (κ2) is 12.7. The first-order chi connectivity index (χ1) is 19.2. The molecule has 2 aromatic rings. The summed E-state index contributed by atoms with van der Waals surface area (Å²) in [4.78, 5) is 19.6. The van der Waals surface area contributed by atoms with Gasteiger partial charge in [-0.1, -0.05) is 30.3 Å². The van der Waals surface area contributed by atoms with Crippen LogP contribution in [-0.4, -0.2) is 78.6 Å².